The van der Waals surface area contributed by atoms with Gasteiger partial charge in [0.05, 0.1) is 17.2 Å². The molecule has 6 heteroatoms. The molecule has 1 fully saturated rings. The van der Waals surface area contributed by atoms with Gasteiger partial charge in [0.1, 0.15) is 5.00 Å². The quantitative estimate of drug-likeness (QED) is 0.846. The van der Waals surface area contributed by atoms with Gasteiger partial charge in [0, 0.05) is 6.61 Å². The summed E-state index contributed by atoms with van der Waals surface area (Å²) in [6.07, 6.45) is 0.932. The average Bonchev–Trinajstić information content (AvgIpc) is 2.76. The summed E-state index contributed by atoms with van der Waals surface area (Å²) < 4.78 is 5.49. The Labute approximate surface area is 97.5 Å². The van der Waals surface area contributed by atoms with Gasteiger partial charge in [-0.2, -0.15) is 0 Å². The van der Waals surface area contributed by atoms with Gasteiger partial charge in [-0.3, -0.25) is 0 Å². The molecule has 2 rings (SSSR count). The van der Waals surface area contributed by atoms with Crippen LogP contribution in [0.1, 0.15) is 30.8 Å². The van der Waals surface area contributed by atoms with Crippen molar-refractivity contribution in [3.63, 3.8) is 0 Å². The molecule has 0 bridgehead atoms. The maximum atomic E-state index is 10.9. The lowest BCUT2D eigenvalue weighted by molar-refractivity contribution is 0.0691. The van der Waals surface area contributed by atoms with Gasteiger partial charge in [-0.25, -0.2) is 9.78 Å². The van der Waals surface area contributed by atoms with Crippen molar-refractivity contribution in [1.82, 2.24) is 4.98 Å². The lowest BCUT2D eigenvalue weighted by Crippen LogP contribution is -2.41. The first-order valence-electron chi connectivity index (χ1n) is 5.09. The van der Waals surface area contributed by atoms with Crippen LogP contribution in [-0.2, 0) is 4.74 Å². The molecular formula is C10H14N2O3S. The van der Waals surface area contributed by atoms with Gasteiger partial charge in [-0.15, -0.1) is 11.3 Å². The van der Waals surface area contributed by atoms with Gasteiger partial charge in [-0.1, -0.05) is 0 Å². The van der Waals surface area contributed by atoms with Gasteiger partial charge >= 0.3 is 5.97 Å². The first kappa shape index (κ1) is 11.3. The van der Waals surface area contributed by atoms with Crippen LogP contribution >= 0.6 is 11.3 Å². The third-order valence-corrected chi connectivity index (χ3v) is 3.80. The van der Waals surface area contributed by atoms with Crippen molar-refractivity contribution >= 4 is 22.3 Å². The monoisotopic (exact) mass is 242 g/mol. The molecule has 2 heterocycles. The third kappa shape index (κ3) is 1.90. The van der Waals surface area contributed by atoms with Crippen LogP contribution in [0.5, 0.6) is 0 Å². The molecule has 5 nitrogen and oxygen atoms in total. The van der Waals surface area contributed by atoms with Gasteiger partial charge in [0.15, 0.2) is 5.69 Å². The second kappa shape index (κ2) is 4.03. The van der Waals surface area contributed by atoms with Crippen LogP contribution in [-0.4, -0.2) is 34.3 Å². The van der Waals surface area contributed by atoms with E-state index in [-0.39, 0.29) is 17.3 Å². The molecule has 1 aliphatic heterocycles. The van der Waals surface area contributed by atoms with Gasteiger partial charge in [-0.05, 0) is 20.3 Å². The van der Waals surface area contributed by atoms with Crippen molar-refractivity contribution in [3.05, 3.63) is 11.2 Å². The number of carboxylic acid groups (broad SMARTS) is 1. The highest BCUT2D eigenvalue weighted by molar-refractivity contribution is 7.14. The van der Waals surface area contributed by atoms with Crippen LogP contribution in [0, 0.1) is 0 Å². The zero-order chi connectivity index (χ0) is 11.8. The third-order valence-electron chi connectivity index (χ3n) is 3.06. The minimum absolute atomic E-state index is 0.0660. The van der Waals surface area contributed by atoms with E-state index >= 15 is 0 Å². The highest BCUT2D eigenvalue weighted by Crippen LogP contribution is 2.32. The van der Waals surface area contributed by atoms with Crippen molar-refractivity contribution in [2.45, 2.75) is 31.9 Å². The Bertz CT molecular complexity index is 407. The van der Waals surface area contributed by atoms with Gasteiger partial charge < -0.3 is 15.2 Å². The van der Waals surface area contributed by atoms with Crippen LogP contribution in [0.25, 0.3) is 0 Å². The molecule has 0 aromatic carbocycles. The minimum Gasteiger partial charge on any atom is -0.476 e. The van der Waals surface area contributed by atoms with Crippen LogP contribution in [0.2, 0.25) is 0 Å². The van der Waals surface area contributed by atoms with E-state index in [1.165, 1.54) is 16.8 Å². The Kier molecular flexibility index (Phi) is 2.86. The summed E-state index contributed by atoms with van der Waals surface area (Å²) in [4.78, 5) is 14.7. The van der Waals surface area contributed by atoms with Gasteiger partial charge in [0.2, 0.25) is 0 Å². The van der Waals surface area contributed by atoms with E-state index < -0.39 is 5.97 Å². The van der Waals surface area contributed by atoms with Crippen LogP contribution in [0.4, 0.5) is 5.00 Å². The number of anilines is 1. The Morgan fingerprint density at radius 3 is 3.12 bits per heavy atom. The second-order valence-electron chi connectivity index (χ2n) is 4.14. The predicted molar refractivity (Wildman–Crippen MR) is 61.1 cm³/mol. The summed E-state index contributed by atoms with van der Waals surface area (Å²) in [6, 6.07) is 0. The van der Waals surface area contributed by atoms with Crippen LogP contribution in [0.15, 0.2) is 5.51 Å². The van der Waals surface area contributed by atoms with Crippen molar-refractivity contribution in [2.24, 2.45) is 0 Å². The molecule has 88 valence electrons. The zero-order valence-electron chi connectivity index (χ0n) is 9.19. The first-order chi connectivity index (χ1) is 7.53. The smallest absolute Gasteiger partial charge is 0.357 e. The van der Waals surface area contributed by atoms with E-state index in [1.54, 1.807) is 0 Å². The van der Waals surface area contributed by atoms with E-state index in [9.17, 15) is 4.79 Å². The fourth-order valence-corrected chi connectivity index (χ4v) is 2.55. The number of rotatable bonds is 3. The van der Waals surface area contributed by atoms with Crippen LogP contribution in [0.3, 0.4) is 0 Å². The normalized spacial score (nSPS) is 29.2. The summed E-state index contributed by atoms with van der Waals surface area (Å²) in [6.45, 7) is 4.73. The van der Waals surface area contributed by atoms with E-state index in [1.807, 2.05) is 13.8 Å². The fraction of sp³-hybridized carbons (Fsp3) is 0.600. The molecule has 2 atom stereocenters. The summed E-state index contributed by atoms with van der Waals surface area (Å²) in [7, 11) is 0. The summed E-state index contributed by atoms with van der Waals surface area (Å²) in [5.74, 6) is -1.00. The molecule has 1 aromatic heterocycles. The number of nitrogens with zero attached hydrogens (tertiary/aromatic N) is 1. The molecule has 0 spiro atoms. The number of hydrogen-bond acceptors (Lipinski definition) is 5. The number of nitrogens with one attached hydrogen (secondary N) is 1. The molecule has 2 N–H and O–H groups in total. The molecule has 16 heavy (non-hydrogen) atoms. The van der Waals surface area contributed by atoms with E-state index in [2.05, 4.69) is 10.3 Å². The zero-order valence-corrected chi connectivity index (χ0v) is 10.0. The lowest BCUT2D eigenvalue weighted by atomic mass is 9.95. The maximum absolute atomic E-state index is 10.9. The number of thiazole rings is 1. The maximum Gasteiger partial charge on any atom is 0.357 e. The number of carbonyl (C=O) groups is 1. The molecule has 1 aliphatic rings. The molecule has 1 aromatic rings. The summed E-state index contributed by atoms with van der Waals surface area (Å²) in [5, 5.41) is 12.8. The predicted octanol–water partition coefficient (Wildman–Crippen LogP) is 1.82. The minimum atomic E-state index is -1.00. The Balaban J connectivity index is 2.20. The van der Waals surface area contributed by atoms with Crippen molar-refractivity contribution in [1.29, 1.82) is 0 Å². The second-order valence-corrected chi connectivity index (χ2v) is 5.00. The highest BCUT2D eigenvalue weighted by atomic mass is 32.1. The Morgan fingerprint density at radius 2 is 2.56 bits per heavy atom. The first-order valence-corrected chi connectivity index (χ1v) is 5.97. The lowest BCUT2D eigenvalue weighted by Gasteiger charge is -2.29. The average molecular weight is 242 g/mol. The van der Waals surface area contributed by atoms with Crippen molar-refractivity contribution < 1.29 is 14.6 Å². The molecule has 0 amide bonds. The molecule has 1 saturated heterocycles. The van der Waals surface area contributed by atoms with Crippen molar-refractivity contribution in [3.8, 4) is 0 Å². The largest absolute Gasteiger partial charge is 0.476 e. The molecule has 0 radical (unpaired) electrons. The number of hydrogen-bond donors (Lipinski definition) is 2. The van der Waals surface area contributed by atoms with Gasteiger partial charge in [0.25, 0.3) is 0 Å². The SMILES string of the molecule is CC1OCCC1(C)Nc1scnc1C(=O)O. The van der Waals surface area contributed by atoms with E-state index in [4.69, 9.17) is 9.84 Å². The van der Waals surface area contributed by atoms with E-state index in [0.29, 0.717) is 11.6 Å². The molecular weight excluding hydrogens is 228 g/mol. The number of aromatic nitrogens is 1. The molecule has 2 unspecified atom stereocenters. The highest BCUT2D eigenvalue weighted by Gasteiger charge is 2.38. The molecule has 0 saturated carbocycles. The number of aromatic carboxylic acids is 1. The summed E-state index contributed by atoms with van der Waals surface area (Å²) in [5.41, 5.74) is 1.41. The topological polar surface area (TPSA) is 71.5 Å². The molecule has 0 aliphatic carbocycles. The van der Waals surface area contributed by atoms with E-state index in [0.717, 1.165) is 6.42 Å². The van der Waals surface area contributed by atoms with Crippen molar-refractivity contribution in [2.75, 3.05) is 11.9 Å². The number of ether oxygens (including phenoxy) is 1. The van der Waals surface area contributed by atoms with Crippen LogP contribution < -0.4 is 5.32 Å². The Hall–Kier alpha value is -1.14. The fourth-order valence-electron chi connectivity index (χ4n) is 1.75. The summed E-state index contributed by atoms with van der Waals surface area (Å²) >= 11 is 1.31. The Morgan fingerprint density at radius 1 is 1.81 bits per heavy atom. The standard InChI is InChI=1S/C10H14N2O3S/c1-6-10(2,3-4-15-6)12-8-7(9(13)14)11-5-16-8/h5-6,12H,3-4H2,1-2H3,(H,13,14). The number of carboxylic acids is 1.